The van der Waals surface area contributed by atoms with Crippen LogP contribution in [0.1, 0.15) is 5.56 Å². The summed E-state index contributed by atoms with van der Waals surface area (Å²) in [6.45, 7) is 0.769. The highest BCUT2D eigenvalue weighted by Crippen LogP contribution is 2.36. The number of nitrogens with two attached hydrogens (primary N) is 1. The van der Waals surface area contributed by atoms with E-state index in [2.05, 4.69) is 40.2 Å². The van der Waals surface area contributed by atoms with Crippen molar-refractivity contribution in [2.75, 3.05) is 10.6 Å². The Kier molecular flexibility index (Phi) is 3.37. The van der Waals surface area contributed by atoms with Crippen LogP contribution in [0.15, 0.2) is 71.7 Å². The summed E-state index contributed by atoms with van der Waals surface area (Å²) in [4.78, 5) is 6.80. The molecule has 0 spiro atoms. The van der Waals surface area contributed by atoms with Crippen molar-refractivity contribution in [3.63, 3.8) is 0 Å². The third-order valence-electron chi connectivity index (χ3n) is 4.96. The first-order valence-corrected chi connectivity index (χ1v) is 8.87. The highest BCUT2D eigenvalue weighted by Gasteiger charge is 2.17. The SMILES string of the molecule is Nc1cccc2cc3c4c(ccc3cc12)N=CN(c1ccc(Cl)cc1)C4. The third kappa shape index (κ3) is 2.40. The van der Waals surface area contributed by atoms with Crippen LogP contribution in [-0.4, -0.2) is 6.34 Å². The molecule has 0 bridgehead atoms. The maximum Gasteiger partial charge on any atom is 0.0960 e. The van der Waals surface area contributed by atoms with Gasteiger partial charge in [-0.2, -0.15) is 0 Å². The lowest BCUT2D eigenvalue weighted by molar-refractivity contribution is 1.01. The third-order valence-corrected chi connectivity index (χ3v) is 5.21. The van der Waals surface area contributed by atoms with E-state index in [-0.39, 0.29) is 0 Å². The van der Waals surface area contributed by atoms with Gasteiger partial charge in [-0.05, 0) is 64.7 Å². The second-order valence-corrected chi connectivity index (χ2v) is 6.99. The standard InChI is InChI=1S/C22H16ClN3/c23-16-5-7-17(8-6-16)26-12-20-18-10-14-2-1-3-21(24)19(14)11-15(18)4-9-22(20)25-13-26/h1-11,13H,12,24H2. The number of rotatable bonds is 1. The molecule has 26 heavy (non-hydrogen) atoms. The van der Waals surface area contributed by atoms with Crippen molar-refractivity contribution >= 4 is 56.5 Å². The number of anilines is 2. The molecule has 3 nitrogen and oxygen atoms in total. The maximum atomic E-state index is 6.15. The molecule has 4 aromatic carbocycles. The van der Waals surface area contributed by atoms with Gasteiger partial charge >= 0.3 is 0 Å². The van der Waals surface area contributed by atoms with Gasteiger partial charge in [-0.1, -0.05) is 29.8 Å². The fourth-order valence-electron chi connectivity index (χ4n) is 3.59. The minimum atomic E-state index is 0.734. The van der Waals surface area contributed by atoms with Gasteiger partial charge in [0.2, 0.25) is 0 Å². The summed E-state index contributed by atoms with van der Waals surface area (Å²) in [5.74, 6) is 0. The number of nitrogen functional groups attached to an aromatic ring is 1. The molecule has 0 saturated carbocycles. The van der Waals surface area contributed by atoms with E-state index in [9.17, 15) is 0 Å². The van der Waals surface area contributed by atoms with E-state index in [1.165, 1.54) is 16.3 Å². The van der Waals surface area contributed by atoms with E-state index < -0.39 is 0 Å². The zero-order valence-corrected chi connectivity index (χ0v) is 14.7. The van der Waals surface area contributed by atoms with Crippen LogP contribution < -0.4 is 10.6 Å². The molecule has 4 aromatic rings. The molecule has 1 aliphatic rings. The van der Waals surface area contributed by atoms with Gasteiger partial charge in [-0.25, -0.2) is 4.99 Å². The van der Waals surface area contributed by atoms with Crippen molar-refractivity contribution in [3.05, 3.63) is 77.3 Å². The van der Waals surface area contributed by atoms with E-state index in [0.29, 0.717) is 0 Å². The normalized spacial score (nSPS) is 13.3. The summed E-state index contributed by atoms with van der Waals surface area (Å²) in [7, 11) is 0. The topological polar surface area (TPSA) is 41.6 Å². The Bertz CT molecular complexity index is 1180. The number of fused-ring (bicyclic) bond motifs is 4. The first-order chi connectivity index (χ1) is 12.7. The molecule has 1 heterocycles. The van der Waals surface area contributed by atoms with Gasteiger partial charge in [0.15, 0.2) is 0 Å². The van der Waals surface area contributed by atoms with Gasteiger partial charge in [0.1, 0.15) is 0 Å². The average Bonchev–Trinajstić information content (AvgIpc) is 2.67. The number of hydrogen-bond donors (Lipinski definition) is 1. The van der Waals surface area contributed by atoms with Crippen molar-refractivity contribution in [3.8, 4) is 0 Å². The Balaban J connectivity index is 1.67. The highest BCUT2D eigenvalue weighted by molar-refractivity contribution is 6.30. The Morgan fingerprint density at radius 2 is 1.65 bits per heavy atom. The summed E-state index contributed by atoms with van der Waals surface area (Å²) in [6.07, 6.45) is 1.89. The predicted molar refractivity (Wildman–Crippen MR) is 112 cm³/mol. The molecule has 0 radical (unpaired) electrons. The molecular weight excluding hydrogens is 342 g/mol. The molecule has 0 unspecified atom stereocenters. The molecule has 1 aliphatic heterocycles. The van der Waals surface area contributed by atoms with Gasteiger partial charge < -0.3 is 10.6 Å². The largest absolute Gasteiger partial charge is 0.398 e. The van der Waals surface area contributed by atoms with Crippen LogP contribution in [0, 0.1) is 0 Å². The van der Waals surface area contributed by atoms with Crippen molar-refractivity contribution in [2.24, 2.45) is 4.99 Å². The Hall–Kier alpha value is -3.04. The lowest BCUT2D eigenvalue weighted by Gasteiger charge is -2.25. The molecule has 0 aromatic heterocycles. The molecule has 5 rings (SSSR count). The number of hydrogen-bond acceptors (Lipinski definition) is 3. The first kappa shape index (κ1) is 15.2. The highest BCUT2D eigenvalue weighted by atomic mass is 35.5. The van der Waals surface area contributed by atoms with Crippen LogP contribution >= 0.6 is 11.6 Å². The summed E-state index contributed by atoms with van der Waals surface area (Å²) in [5.41, 5.74) is 10.3. The Morgan fingerprint density at radius 3 is 2.50 bits per heavy atom. The molecule has 0 amide bonds. The summed E-state index contributed by atoms with van der Waals surface area (Å²) >= 11 is 6.02. The van der Waals surface area contributed by atoms with Gasteiger partial charge in [0, 0.05) is 27.3 Å². The van der Waals surface area contributed by atoms with Crippen molar-refractivity contribution in [2.45, 2.75) is 6.54 Å². The second kappa shape index (κ2) is 5.75. The molecule has 4 heteroatoms. The van der Waals surface area contributed by atoms with Gasteiger partial charge in [-0.3, -0.25) is 0 Å². The van der Waals surface area contributed by atoms with E-state index >= 15 is 0 Å². The Labute approximate surface area is 156 Å². The van der Waals surface area contributed by atoms with Crippen molar-refractivity contribution in [1.29, 1.82) is 0 Å². The molecular formula is C22H16ClN3. The van der Waals surface area contributed by atoms with Gasteiger partial charge in [0.05, 0.1) is 18.6 Å². The van der Waals surface area contributed by atoms with Crippen LogP contribution in [0.5, 0.6) is 0 Å². The van der Waals surface area contributed by atoms with Crippen molar-refractivity contribution < 1.29 is 0 Å². The van der Waals surface area contributed by atoms with Crippen LogP contribution in [-0.2, 0) is 6.54 Å². The van der Waals surface area contributed by atoms with Gasteiger partial charge in [0.25, 0.3) is 0 Å². The molecule has 0 atom stereocenters. The lowest BCUT2D eigenvalue weighted by Crippen LogP contribution is -2.23. The summed E-state index contributed by atoms with van der Waals surface area (Å²) < 4.78 is 0. The van der Waals surface area contributed by atoms with E-state index in [4.69, 9.17) is 17.3 Å². The smallest absolute Gasteiger partial charge is 0.0960 e. The summed E-state index contributed by atoms with van der Waals surface area (Å²) in [5, 5.41) is 5.38. The van der Waals surface area contributed by atoms with Gasteiger partial charge in [-0.15, -0.1) is 0 Å². The van der Waals surface area contributed by atoms with Crippen LogP contribution in [0.2, 0.25) is 5.02 Å². The molecule has 0 saturated heterocycles. The minimum absolute atomic E-state index is 0.734. The fraction of sp³-hybridized carbons (Fsp3) is 0.0455. The first-order valence-electron chi connectivity index (χ1n) is 8.49. The zero-order chi connectivity index (χ0) is 17.7. The molecule has 0 aliphatic carbocycles. The van der Waals surface area contributed by atoms with E-state index in [0.717, 1.165) is 39.4 Å². The fourth-order valence-corrected chi connectivity index (χ4v) is 3.72. The number of halogens is 1. The van der Waals surface area contributed by atoms with E-state index in [1.807, 2.05) is 42.7 Å². The quantitative estimate of drug-likeness (QED) is 0.340. The number of nitrogens with zero attached hydrogens (tertiary/aromatic N) is 2. The van der Waals surface area contributed by atoms with E-state index in [1.54, 1.807) is 0 Å². The van der Waals surface area contributed by atoms with Crippen LogP contribution in [0.25, 0.3) is 21.5 Å². The van der Waals surface area contributed by atoms with Crippen LogP contribution in [0.4, 0.5) is 17.1 Å². The summed E-state index contributed by atoms with van der Waals surface area (Å²) in [6, 6.07) is 22.5. The minimum Gasteiger partial charge on any atom is -0.398 e. The lowest BCUT2D eigenvalue weighted by atomic mass is 9.97. The Morgan fingerprint density at radius 1 is 0.885 bits per heavy atom. The molecule has 2 N–H and O–H groups in total. The second-order valence-electron chi connectivity index (χ2n) is 6.55. The monoisotopic (exact) mass is 357 g/mol. The number of aliphatic imine (C=N–C) groups is 1. The average molecular weight is 358 g/mol. The van der Waals surface area contributed by atoms with Crippen LogP contribution in [0.3, 0.4) is 0 Å². The van der Waals surface area contributed by atoms with Crippen molar-refractivity contribution in [1.82, 2.24) is 0 Å². The zero-order valence-electron chi connectivity index (χ0n) is 14.0. The number of benzene rings is 4. The predicted octanol–water partition coefficient (Wildman–Crippen LogP) is 5.91. The molecule has 126 valence electrons. The molecule has 0 fully saturated rings. The maximum absolute atomic E-state index is 6.15.